The van der Waals surface area contributed by atoms with Crippen LogP contribution in [0, 0.1) is 0 Å². The summed E-state index contributed by atoms with van der Waals surface area (Å²) in [5.41, 5.74) is 0.956. The van der Waals surface area contributed by atoms with Gasteiger partial charge in [-0.25, -0.2) is 14.3 Å². The van der Waals surface area contributed by atoms with Crippen LogP contribution >= 0.6 is 0 Å². The maximum Gasteiger partial charge on any atom is 0.260 e. The Bertz CT molecular complexity index is 791. The first-order chi connectivity index (χ1) is 11.0. The minimum absolute atomic E-state index is 0.326. The fraction of sp³-hybridized carbons (Fsp3) is 0.133. The Balaban J connectivity index is 2.33. The van der Waals surface area contributed by atoms with Gasteiger partial charge in [-0.05, 0) is 18.2 Å². The molecule has 0 aliphatic heterocycles. The van der Waals surface area contributed by atoms with E-state index in [1.807, 2.05) is 0 Å². The van der Waals surface area contributed by atoms with Crippen LogP contribution in [-0.4, -0.2) is 20.7 Å². The molecule has 0 aromatic heterocycles. The number of amidine groups is 1. The maximum atomic E-state index is 12.6. The van der Waals surface area contributed by atoms with Crippen LogP contribution in [0.3, 0.4) is 0 Å². The number of hydrogen-bond donors (Lipinski definition) is 2. The van der Waals surface area contributed by atoms with Crippen LogP contribution in [0.2, 0.25) is 0 Å². The predicted molar refractivity (Wildman–Crippen MR) is 90.3 cm³/mol. The second kappa shape index (κ2) is 7.12. The molecule has 0 aliphatic rings. The third-order valence-electron chi connectivity index (χ3n) is 3.17. The number of ether oxygens (including phenoxy) is 1. The number of hydrazine groups is 1. The van der Waals surface area contributed by atoms with E-state index in [1.54, 1.807) is 54.6 Å². The van der Waals surface area contributed by atoms with Gasteiger partial charge in [-0.2, -0.15) is 5.10 Å². The molecule has 0 fully saturated rings. The molecule has 0 aliphatic carbocycles. The lowest BCUT2D eigenvalue weighted by Crippen LogP contribution is -2.43. The molecule has 0 bridgehead atoms. The number of nitrogens with zero attached hydrogens (tertiary/aromatic N) is 2. The topological polar surface area (TPSA) is 111 Å². The van der Waals surface area contributed by atoms with Gasteiger partial charge in [0.2, 0.25) is 9.84 Å². The highest BCUT2D eigenvalue weighted by Crippen LogP contribution is 2.22. The smallest absolute Gasteiger partial charge is 0.260 e. The number of para-hydroxylation sites is 2. The standard InChI is InChI=1S/C15H18N4O3S/c1-22-14-10-6-5-7-12(14)11-23(20,21)15(18-16)19(17)13-8-3-2-4-9-13/h2-10H,11,16-17H2,1H3/b18-15+. The Labute approximate surface area is 135 Å². The maximum absolute atomic E-state index is 12.6. The van der Waals surface area contributed by atoms with Crippen molar-refractivity contribution in [2.45, 2.75) is 5.75 Å². The summed E-state index contributed by atoms with van der Waals surface area (Å²) in [6, 6.07) is 15.4. The molecule has 2 rings (SSSR count). The molecule has 0 spiro atoms. The molecule has 0 heterocycles. The molecule has 0 amide bonds. The summed E-state index contributed by atoms with van der Waals surface area (Å²) >= 11 is 0. The van der Waals surface area contributed by atoms with Gasteiger partial charge in [0.15, 0.2) is 0 Å². The van der Waals surface area contributed by atoms with E-state index in [-0.39, 0.29) is 5.75 Å². The van der Waals surface area contributed by atoms with Crippen molar-refractivity contribution >= 4 is 20.7 Å². The molecule has 8 heteroatoms. The van der Waals surface area contributed by atoms with Crippen molar-refractivity contribution in [3.05, 3.63) is 60.2 Å². The van der Waals surface area contributed by atoms with Gasteiger partial charge >= 0.3 is 0 Å². The molecule has 0 atom stereocenters. The van der Waals surface area contributed by atoms with E-state index in [1.165, 1.54) is 7.11 Å². The quantitative estimate of drug-likeness (QED) is 0.376. The normalized spacial score (nSPS) is 12.0. The van der Waals surface area contributed by atoms with Crippen molar-refractivity contribution in [3.8, 4) is 5.75 Å². The Morgan fingerprint density at radius 1 is 1.13 bits per heavy atom. The van der Waals surface area contributed by atoms with Crippen LogP contribution in [0.1, 0.15) is 5.56 Å². The van der Waals surface area contributed by atoms with E-state index in [2.05, 4.69) is 5.10 Å². The molecule has 0 unspecified atom stereocenters. The number of sulfone groups is 1. The van der Waals surface area contributed by atoms with Gasteiger partial charge in [-0.1, -0.05) is 36.4 Å². The Morgan fingerprint density at radius 3 is 2.35 bits per heavy atom. The highest BCUT2D eigenvalue weighted by Gasteiger charge is 2.27. The molecule has 7 nitrogen and oxygen atoms in total. The molecule has 23 heavy (non-hydrogen) atoms. The van der Waals surface area contributed by atoms with Crippen LogP contribution in [0.25, 0.3) is 0 Å². The molecule has 2 aromatic carbocycles. The summed E-state index contributed by atoms with van der Waals surface area (Å²) in [4.78, 5) is 0. The second-order valence-corrected chi connectivity index (χ2v) is 6.57. The third-order valence-corrected chi connectivity index (χ3v) is 4.72. The molecule has 0 saturated carbocycles. The van der Waals surface area contributed by atoms with Crippen molar-refractivity contribution in [1.82, 2.24) is 0 Å². The summed E-state index contributed by atoms with van der Waals surface area (Å²) in [6.45, 7) is 0. The second-order valence-electron chi connectivity index (χ2n) is 4.69. The van der Waals surface area contributed by atoms with Crippen LogP contribution in [0.15, 0.2) is 59.7 Å². The van der Waals surface area contributed by atoms with E-state index in [9.17, 15) is 8.42 Å². The highest BCUT2D eigenvalue weighted by molar-refractivity contribution is 8.06. The lowest BCUT2D eigenvalue weighted by molar-refractivity contribution is 0.411. The Kier molecular flexibility index (Phi) is 5.20. The van der Waals surface area contributed by atoms with Gasteiger partial charge in [-0.3, -0.25) is 5.01 Å². The van der Waals surface area contributed by atoms with Crippen molar-refractivity contribution in [2.24, 2.45) is 16.8 Å². The summed E-state index contributed by atoms with van der Waals surface area (Å²) in [5.74, 6) is 11.3. The fourth-order valence-electron chi connectivity index (χ4n) is 2.08. The molecule has 2 aromatic rings. The molecular weight excluding hydrogens is 316 g/mol. The fourth-order valence-corrected chi connectivity index (χ4v) is 3.43. The minimum atomic E-state index is -3.86. The molecule has 4 N–H and O–H groups in total. The van der Waals surface area contributed by atoms with Gasteiger partial charge in [0.1, 0.15) is 5.75 Å². The van der Waals surface area contributed by atoms with E-state index >= 15 is 0 Å². The third kappa shape index (κ3) is 3.79. The monoisotopic (exact) mass is 334 g/mol. The van der Waals surface area contributed by atoms with Gasteiger partial charge in [0.05, 0.1) is 18.6 Å². The lowest BCUT2D eigenvalue weighted by atomic mass is 10.2. The van der Waals surface area contributed by atoms with E-state index in [0.29, 0.717) is 17.0 Å². The Morgan fingerprint density at radius 2 is 1.74 bits per heavy atom. The zero-order valence-electron chi connectivity index (χ0n) is 12.6. The first-order valence-corrected chi connectivity index (χ1v) is 8.37. The van der Waals surface area contributed by atoms with Gasteiger partial charge < -0.3 is 10.6 Å². The van der Waals surface area contributed by atoms with E-state index < -0.39 is 15.0 Å². The van der Waals surface area contributed by atoms with Crippen molar-refractivity contribution in [3.63, 3.8) is 0 Å². The van der Waals surface area contributed by atoms with Crippen LogP contribution in [0.5, 0.6) is 5.75 Å². The number of hydrogen-bond acceptors (Lipinski definition) is 6. The van der Waals surface area contributed by atoms with Gasteiger partial charge in [0.25, 0.3) is 5.17 Å². The predicted octanol–water partition coefficient (Wildman–Crippen LogP) is 1.22. The number of hydrazone groups is 1. The number of benzene rings is 2. The van der Waals surface area contributed by atoms with E-state index in [4.69, 9.17) is 16.4 Å². The zero-order chi connectivity index (χ0) is 16.9. The summed E-state index contributed by atoms with van der Waals surface area (Å²) in [7, 11) is -2.38. The van der Waals surface area contributed by atoms with Crippen molar-refractivity contribution in [1.29, 1.82) is 0 Å². The van der Waals surface area contributed by atoms with Crippen molar-refractivity contribution < 1.29 is 13.2 Å². The molecular formula is C15H18N4O3S. The van der Waals surface area contributed by atoms with Gasteiger partial charge in [-0.15, -0.1) is 0 Å². The highest BCUT2D eigenvalue weighted by atomic mass is 32.2. The number of anilines is 1. The zero-order valence-corrected chi connectivity index (χ0v) is 13.4. The number of methoxy groups -OCH3 is 1. The molecule has 122 valence electrons. The van der Waals surface area contributed by atoms with Crippen molar-refractivity contribution in [2.75, 3.05) is 12.1 Å². The van der Waals surface area contributed by atoms with Crippen LogP contribution < -0.4 is 21.4 Å². The average Bonchev–Trinajstić information content (AvgIpc) is 2.56. The first-order valence-electron chi connectivity index (χ1n) is 6.72. The first kappa shape index (κ1) is 16.8. The minimum Gasteiger partial charge on any atom is -0.496 e. The largest absolute Gasteiger partial charge is 0.496 e. The van der Waals surface area contributed by atoms with Crippen LogP contribution in [-0.2, 0) is 15.6 Å². The number of nitrogens with two attached hydrogens (primary N) is 2. The van der Waals surface area contributed by atoms with Crippen LogP contribution in [0.4, 0.5) is 5.69 Å². The average molecular weight is 334 g/mol. The van der Waals surface area contributed by atoms with E-state index in [0.717, 1.165) is 5.01 Å². The summed E-state index contributed by atoms with van der Waals surface area (Å²) in [6.07, 6.45) is 0. The Hall–Kier alpha value is -2.58. The lowest BCUT2D eigenvalue weighted by Gasteiger charge is -2.20. The molecule has 0 saturated heterocycles. The SMILES string of the molecule is COc1ccccc1CS(=O)(=O)/C(=N/N)N(N)c1ccccc1. The summed E-state index contributed by atoms with van der Waals surface area (Å²) in [5, 5.41) is 3.90. The number of rotatable bonds is 4. The molecule has 0 radical (unpaired) electrons. The summed E-state index contributed by atoms with van der Waals surface area (Å²) < 4.78 is 30.4. The van der Waals surface area contributed by atoms with Gasteiger partial charge in [0, 0.05) is 5.56 Å².